The quantitative estimate of drug-likeness (QED) is 0.760. The van der Waals surface area contributed by atoms with Crippen LogP contribution in [0.15, 0.2) is 62.5 Å². The van der Waals surface area contributed by atoms with Gasteiger partial charge < -0.3 is 4.42 Å². The van der Waals surface area contributed by atoms with Crippen molar-refractivity contribution < 1.29 is 4.42 Å². The third-order valence-corrected chi connectivity index (χ3v) is 3.01. The summed E-state index contributed by atoms with van der Waals surface area (Å²) in [4.78, 5) is 25.5. The lowest BCUT2D eigenvalue weighted by atomic mass is 10.0. The lowest BCUT2D eigenvalue weighted by molar-refractivity contribution is 0.459. The van der Waals surface area contributed by atoms with Gasteiger partial charge in [0.05, 0.1) is 10.9 Å². The molecule has 94 valence electrons. The molecule has 0 spiro atoms. The van der Waals surface area contributed by atoms with Crippen molar-refractivity contribution in [3.05, 3.63) is 80.6 Å². The molecule has 4 nitrogen and oxygen atoms in total. The highest BCUT2D eigenvalue weighted by atomic mass is 16.4. The Hall–Kier alpha value is -2.62. The molecule has 4 heteroatoms. The Kier molecular flexibility index (Phi) is 2.76. The number of rotatable bonds is 2. The van der Waals surface area contributed by atoms with Gasteiger partial charge in [0, 0.05) is 0 Å². The summed E-state index contributed by atoms with van der Waals surface area (Å²) in [6, 6.07) is 15.2. The maximum atomic E-state index is 11.8. The van der Waals surface area contributed by atoms with Crippen LogP contribution in [0.1, 0.15) is 11.1 Å². The first-order chi connectivity index (χ1) is 9.24. The lowest BCUT2D eigenvalue weighted by Gasteiger charge is -2.04. The van der Waals surface area contributed by atoms with Crippen LogP contribution in [0.2, 0.25) is 0 Å². The Morgan fingerprint density at radius 2 is 1.74 bits per heavy atom. The van der Waals surface area contributed by atoms with Gasteiger partial charge in [0.15, 0.2) is 0 Å². The molecule has 0 saturated carbocycles. The standard InChI is InChI=1S/C15H11NO3/c17-14-13-11(9-10-5-2-1-3-6-10)7-4-8-12(13)16-15(18)19-14/h1-8H,9H2,(H,16,18). The maximum absolute atomic E-state index is 11.8. The minimum atomic E-state index is -0.727. The number of aromatic nitrogens is 1. The molecule has 0 unspecified atom stereocenters. The van der Waals surface area contributed by atoms with Crippen LogP contribution in [-0.2, 0) is 6.42 Å². The van der Waals surface area contributed by atoms with Crippen molar-refractivity contribution in [2.24, 2.45) is 0 Å². The molecule has 0 fully saturated rings. The molecule has 0 radical (unpaired) electrons. The zero-order valence-corrected chi connectivity index (χ0v) is 10.1. The van der Waals surface area contributed by atoms with E-state index in [0.717, 1.165) is 11.1 Å². The Morgan fingerprint density at radius 3 is 2.53 bits per heavy atom. The molecule has 2 aromatic carbocycles. The summed E-state index contributed by atoms with van der Waals surface area (Å²) >= 11 is 0. The predicted octanol–water partition coefficient (Wildman–Crippen LogP) is 2.07. The van der Waals surface area contributed by atoms with E-state index in [1.807, 2.05) is 42.5 Å². The normalized spacial score (nSPS) is 10.7. The van der Waals surface area contributed by atoms with Gasteiger partial charge in [-0.25, -0.2) is 9.59 Å². The van der Waals surface area contributed by atoms with Crippen molar-refractivity contribution in [1.82, 2.24) is 4.98 Å². The molecule has 0 amide bonds. The number of aromatic amines is 1. The predicted molar refractivity (Wildman–Crippen MR) is 72.4 cm³/mol. The largest absolute Gasteiger partial charge is 0.419 e. The van der Waals surface area contributed by atoms with E-state index >= 15 is 0 Å². The first-order valence-electron chi connectivity index (χ1n) is 5.93. The summed E-state index contributed by atoms with van der Waals surface area (Å²) < 4.78 is 4.60. The van der Waals surface area contributed by atoms with E-state index in [9.17, 15) is 9.59 Å². The fourth-order valence-corrected chi connectivity index (χ4v) is 2.18. The molecule has 3 aromatic rings. The van der Waals surface area contributed by atoms with Gasteiger partial charge in [-0.05, 0) is 23.6 Å². The summed E-state index contributed by atoms with van der Waals surface area (Å²) in [7, 11) is 0. The first-order valence-corrected chi connectivity index (χ1v) is 5.93. The van der Waals surface area contributed by atoms with E-state index in [1.54, 1.807) is 6.07 Å². The second-order valence-electron chi connectivity index (χ2n) is 4.30. The van der Waals surface area contributed by atoms with E-state index in [0.29, 0.717) is 17.3 Å². The van der Waals surface area contributed by atoms with Crippen molar-refractivity contribution in [2.75, 3.05) is 0 Å². The van der Waals surface area contributed by atoms with Gasteiger partial charge >= 0.3 is 11.4 Å². The summed E-state index contributed by atoms with van der Waals surface area (Å²) in [5.41, 5.74) is 1.86. The Bertz CT molecular complexity index is 831. The number of nitrogens with one attached hydrogen (secondary N) is 1. The zero-order valence-electron chi connectivity index (χ0n) is 10.1. The number of hydrogen-bond donors (Lipinski definition) is 1. The molecule has 0 bridgehead atoms. The van der Waals surface area contributed by atoms with Gasteiger partial charge in [0.2, 0.25) is 0 Å². The van der Waals surface area contributed by atoms with Crippen molar-refractivity contribution in [1.29, 1.82) is 0 Å². The van der Waals surface area contributed by atoms with E-state index in [1.165, 1.54) is 0 Å². The lowest BCUT2D eigenvalue weighted by Crippen LogP contribution is -2.15. The summed E-state index contributed by atoms with van der Waals surface area (Å²) in [6.07, 6.45) is 0.620. The maximum Gasteiger partial charge on any atom is 0.419 e. The van der Waals surface area contributed by atoms with Gasteiger partial charge in [-0.2, -0.15) is 0 Å². The Labute approximate surface area is 108 Å². The van der Waals surface area contributed by atoms with Gasteiger partial charge in [-0.1, -0.05) is 42.5 Å². The fraction of sp³-hybridized carbons (Fsp3) is 0.0667. The SMILES string of the molecule is O=c1[nH]c2cccc(Cc3ccccc3)c2c(=O)o1. The fourth-order valence-electron chi connectivity index (χ4n) is 2.18. The van der Waals surface area contributed by atoms with Crippen LogP contribution in [0, 0.1) is 0 Å². The topological polar surface area (TPSA) is 63.1 Å². The van der Waals surface area contributed by atoms with Gasteiger partial charge in [0.1, 0.15) is 0 Å². The minimum absolute atomic E-state index is 0.436. The zero-order chi connectivity index (χ0) is 13.2. The average molecular weight is 253 g/mol. The van der Waals surface area contributed by atoms with Crippen molar-refractivity contribution >= 4 is 10.9 Å². The minimum Gasteiger partial charge on any atom is -0.372 e. The van der Waals surface area contributed by atoms with Crippen LogP contribution in [-0.4, -0.2) is 4.98 Å². The molecule has 0 aliphatic carbocycles. The highest BCUT2D eigenvalue weighted by molar-refractivity contribution is 5.80. The molecule has 1 aromatic heterocycles. The third kappa shape index (κ3) is 2.20. The number of fused-ring (bicyclic) bond motifs is 1. The molecular weight excluding hydrogens is 242 g/mol. The van der Waals surface area contributed by atoms with Crippen molar-refractivity contribution in [3.63, 3.8) is 0 Å². The summed E-state index contributed by atoms with van der Waals surface area (Å²) in [5.74, 6) is -0.727. The average Bonchev–Trinajstić information content (AvgIpc) is 2.39. The highest BCUT2D eigenvalue weighted by Crippen LogP contribution is 2.16. The smallest absolute Gasteiger partial charge is 0.372 e. The van der Waals surface area contributed by atoms with E-state index in [2.05, 4.69) is 9.40 Å². The first kappa shape index (κ1) is 11.5. The second kappa shape index (κ2) is 4.57. The highest BCUT2D eigenvalue weighted by Gasteiger charge is 2.08. The van der Waals surface area contributed by atoms with E-state index in [4.69, 9.17) is 0 Å². The van der Waals surface area contributed by atoms with Crippen LogP contribution in [0.3, 0.4) is 0 Å². The van der Waals surface area contributed by atoms with E-state index in [-0.39, 0.29) is 0 Å². The molecule has 0 aliphatic heterocycles. The molecule has 1 heterocycles. The number of benzene rings is 2. The molecule has 0 saturated heterocycles. The van der Waals surface area contributed by atoms with Crippen LogP contribution < -0.4 is 11.4 Å². The van der Waals surface area contributed by atoms with Gasteiger partial charge in [-0.15, -0.1) is 0 Å². The van der Waals surface area contributed by atoms with Crippen LogP contribution >= 0.6 is 0 Å². The summed E-state index contributed by atoms with van der Waals surface area (Å²) in [5, 5.41) is 0.436. The molecule has 0 atom stereocenters. The second-order valence-corrected chi connectivity index (χ2v) is 4.30. The van der Waals surface area contributed by atoms with Gasteiger partial charge in [-0.3, -0.25) is 4.98 Å². The Morgan fingerprint density at radius 1 is 0.947 bits per heavy atom. The molecular formula is C15H11NO3. The summed E-state index contributed by atoms with van der Waals surface area (Å²) in [6.45, 7) is 0. The Balaban J connectivity index is 2.20. The third-order valence-electron chi connectivity index (χ3n) is 3.01. The molecule has 3 rings (SSSR count). The van der Waals surface area contributed by atoms with Crippen LogP contribution in [0.25, 0.3) is 10.9 Å². The van der Waals surface area contributed by atoms with Crippen LogP contribution in [0.4, 0.5) is 0 Å². The van der Waals surface area contributed by atoms with Crippen molar-refractivity contribution in [2.45, 2.75) is 6.42 Å². The van der Waals surface area contributed by atoms with E-state index < -0.39 is 11.4 Å². The van der Waals surface area contributed by atoms with Gasteiger partial charge in [0.25, 0.3) is 0 Å². The molecule has 0 aliphatic rings. The number of H-pyrrole nitrogens is 1. The van der Waals surface area contributed by atoms with Crippen molar-refractivity contribution in [3.8, 4) is 0 Å². The number of hydrogen-bond acceptors (Lipinski definition) is 3. The molecule has 1 N–H and O–H groups in total. The monoisotopic (exact) mass is 253 g/mol. The van der Waals surface area contributed by atoms with Crippen LogP contribution in [0.5, 0.6) is 0 Å². The molecule has 19 heavy (non-hydrogen) atoms.